The number of nitrogens with zero attached hydrogens (tertiary/aromatic N) is 5. The van der Waals surface area contributed by atoms with Gasteiger partial charge in [-0.3, -0.25) is 14.9 Å². The average molecular weight is 522 g/mol. The van der Waals surface area contributed by atoms with Crippen LogP contribution in [0.4, 0.5) is 11.4 Å². The number of fused-ring (bicyclic) bond motifs is 1. The fraction of sp³-hybridized carbons (Fsp3) is 0.207. The number of aromatic nitrogens is 5. The van der Waals surface area contributed by atoms with E-state index >= 15 is 0 Å². The predicted molar refractivity (Wildman–Crippen MR) is 148 cm³/mol. The first kappa shape index (κ1) is 24.4. The zero-order chi connectivity index (χ0) is 26.6. The Kier molecular flexibility index (Phi) is 6.73. The average Bonchev–Trinajstić information content (AvgIpc) is 3.42. The molecule has 1 aliphatic heterocycles. The molecule has 0 atom stereocenters. The van der Waals surface area contributed by atoms with Gasteiger partial charge in [0.2, 0.25) is 11.8 Å². The number of anilines is 2. The summed E-state index contributed by atoms with van der Waals surface area (Å²) >= 11 is 0. The minimum absolute atomic E-state index is 0.302. The van der Waals surface area contributed by atoms with E-state index in [4.69, 9.17) is 9.47 Å². The summed E-state index contributed by atoms with van der Waals surface area (Å²) in [5.41, 5.74) is 4.69. The summed E-state index contributed by atoms with van der Waals surface area (Å²) in [5, 5.41) is 10.8. The molecule has 1 amide bonds. The van der Waals surface area contributed by atoms with Gasteiger partial charge in [-0.05, 0) is 55.2 Å². The van der Waals surface area contributed by atoms with E-state index < -0.39 is 0 Å². The molecule has 0 aliphatic carbocycles. The van der Waals surface area contributed by atoms with Crippen molar-refractivity contribution in [2.45, 2.75) is 19.3 Å². The second kappa shape index (κ2) is 10.8. The van der Waals surface area contributed by atoms with Crippen LogP contribution < -0.4 is 19.7 Å². The molecule has 1 saturated heterocycles. The lowest BCUT2D eigenvalue weighted by Gasteiger charge is -2.28. The number of ether oxygens (including phenoxy) is 2. The number of rotatable bonds is 7. The predicted octanol–water partition coefficient (Wildman–Crippen LogP) is 5.46. The standard InChI is InChI=1S/C29H27N7O3/c1-38-27-15-23(9-10-31-27)39-26-8-6-21(17-32-26)33-29(37)28-24-14-19(5-7-25(24)34-35-28)20-13-22(18-30-16-20)36-11-3-2-4-12-36/h5-10,13-18H,2-4,11-12H2,1H3,(H,33,37)(H,34,35). The summed E-state index contributed by atoms with van der Waals surface area (Å²) in [6.07, 6.45) is 10.6. The summed E-state index contributed by atoms with van der Waals surface area (Å²) in [6, 6.07) is 14.8. The number of methoxy groups -OCH3 is 1. The Labute approximate surface area is 225 Å². The molecule has 5 aromatic rings. The molecule has 0 radical (unpaired) electrons. The molecule has 0 spiro atoms. The molecule has 10 nitrogen and oxygen atoms in total. The van der Waals surface area contributed by atoms with Crippen molar-refractivity contribution in [1.82, 2.24) is 25.1 Å². The third kappa shape index (κ3) is 5.35. The summed E-state index contributed by atoms with van der Waals surface area (Å²) < 4.78 is 10.9. The van der Waals surface area contributed by atoms with Crippen molar-refractivity contribution in [3.05, 3.63) is 79.0 Å². The molecule has 2 N–H and O–H groups in total. The van der Waals surface area contributed by atoms with E-state index in [9.17, 15) is 4.79 Å². The van der Waals surface area contributed by atoms with E-state index in [-0.39, 0.29) is 5.91 Å². The molecule has 5 heterocycles. The van der Waals surface area contributed by atoms with Crippen LogP contribution in [-0.4, -0.2) is 51.3 Å². The van der Waals surface area contributed by atoms with Crippen LogP contribution in [0.25, 0.3) is 22.0 Å². The van der Waals surface area contributed by atoms with Gasteiger partial charge in [-0.2, -0.15) is 5.10 Å². The van der Waals surface area contributed by atoms with Crippen molar-refractivity contribution in [3.63, 3.8) is 0 Å². The number of aromatic amines is 1. The van der Waals surface area contributed by atoms with Crippen LogP contribution >= 0.6 is 0 Å². The largest absolute Gasteiger partial charge is 0.481 e. The monoisotopic (exact) mass is 521 g/mol. The smallest absolute Gasteiger partial charge is 0.276 e. The van der Waals surface area contributed by atoms with Crippen molar-refractivity contribution in [2.75, 3.05) is 30.4 Å². The minimum Gasteiger partial charge on any atom is -0.481 e. The number of amides is 1. The van der Waals surface area contributed by atoms with E-state index in [0.717, 1.165) is 40.8 Å². The Morgan fingerprint density at radius 3 is 2.64 bits per heavy atom. The first-order valence-corrected chi connectivity index (χ1v) is 12.8. The van der Waals surface area contributed by atoms with Crippen LogP contribution in [0.2, 0.25) is 0 Å². The van der Waals surface area contributed by atoms with Gasteiger partial charge in [0.15, 0.2) is 5.69 Å². The zero-order valence-electron chi connectivity index (χ0n) is 21.4. The van der Waals surface area contributed by atoms with Crippen molar-refractivity contribution in [3.8, 4) is 28.6 Å². The van der Waals surface area contributed by atoms with Crippen LogP contribution in [0.3, 0.4) is 0 Å². The second-order valence-electron chi connectivity index (χ2n) is 9.29. The second-order valence-corrected chi connectivity index (χ2v) is 9.29. The first-order valence-electron chi connectivity index (χ1n) is 12.8. The van der Waals surface area contributed by atoms with Gasteiger partial charge in [-0.15, -0.1) is 0 Å². The van der Waals surface area contributed by atoms with Gasteiger partial charge in [0.25, 0.3) is 5.91 Å². The molecule has 1 aromatic carbocycles. The molecule has 196 valence electrons. The summed E-state index contributed by atoms with van der Waals surface area (Å²) in [5.74, 6) is 1.02. The van der Waals surface area contributed by atoms with Gasteiger partial charge in [0.1, 0.15) is 5.75 Å². The minimum atomic E-state index is -0.340. The molecule has 10 heteroatoms. The lowest BCUT2D eigenvalue weighted by molar-refractivity contribution is 0.102. The van der Waals surface area contributed by atoms with Crippen LogP contribution in [0.5, 0.6) is 17.5 Å². The topological polar surface area (TPSA) is 118 Å². The number of hydrogen-bond acceptors (Lipinski definition) is 8. The van der Waals surface area contributed by atoms with E-state index in [1.165, 1.54) is 32.6 Å². The van der Waals surface area contributed by atoms with E-state index in [1.807, 2.05) is 30.6 Å². The van der Waals surface area contributed by atoms with Crippen LogP contribution in [0.15, 0.2) is 73.3 Å². The summed E-state index contributed by atoms with van der Waals surface area (Å²) in [4.78, 5) is 28.4. The van der Waals surface area contributed by atoms with Crippen molar-refractivity contribution < 1.29 is 14.3 Å². The van der Waals surface area contributed by atoms with E-state index in [1.54, 1.807) is 30.5 Å². The fourth-order valence-electron chi connectivity index (χ4n) is 4.67. The number of benzene rings is 1. The van der Waals surface area contributed by atoms with Crippen molar-refractivity contribution in [2.24, 2.45) is 0 Å². The maximum atomic E-state index is 13.2. The van der Waals surface area contributed by atoms with Crippen LogP contribution in [-0.2, 0) is 0 Å². The molecular weight excluding hydrogens is 494 g/mol. The highest BCUT2D eigenvalue weighted by Gasteiger charge is 2.17. The third-order valence-corrected chi connectivity index (χ3v) is 6.69. The Bertz CT molecular complexity index is 1610. The Morgan fingerprint density at radius 1 is 0.923 bits per heavy atom. The number of piperidine rings is 1. The highest BCUT2D eigenvalue weighted by atomic mass is 16.5. The molecule has 1 aliphatic rings. The molecule has 0 bridgehead atoms. The van der Waals surface area contributed by atoms with Gasteiger partial charge in [-0.25, -0.2) is 9.97 Å². The van der Waals surface area contributed by atoms with E-state index in [0.29, 0.717) is 28.9 Å². The maximum absolute atomic E-state index is 13.2. The van der Waals surface area contributed by atoms with Crippen LogP contribution in [0.1, 0.15) is 29.8 Å². The Morgan fingerprint density at radius 2 is 1.82 bits per heavy atom. The molecule has 4 aromatic heterocycles. The normalized spacial score (nSPS) is 13.3. The number of hydrogen-bond donors (Lipinski definition) is 2. The van der Waals surface area contributed by atoms with Crippen molar-refractivity contribution in [1.29, 1.82) is 0 Å². The van der Waals surface area contributed by atoms with Gasteiger partial charge in [0.05, 0.1) is 36.4 Å². The zero-order valence-corrected chi connectivity index (χ0v) is 21.4. The Balaban J connectivity index is 1.19. The molecule has 0 saturated carbocycles. The SMILES string of the molecule is COc1cc(Oc2ccc(NC(=O)c3n[nH]c4ccc(-c5cncc(N6CCCCC6)c5)cc34)cn2)ccn1. The summed E-state index contributed by atoms with van der Waals surface area (Å²) in [7, 11) is 1.54. The van der Waals surface area contributed by atoms with Gasteiger partial charge < -0.3 is 19.7 Å². The quantitative estimate of drug-likeness (QED) is 0.290. The maximum Gasteiger partial charge on any atom is 0.276 e. The number of nitrogens with one attached hydrogen (secondary N) is 2. The van der Waals surface area contributed by atoms with E-state index in [2.05, 4.69) is 41.4 Å². The lowest BCUT2D eigenvalue weighted by atomic mass is 10.0. The first-order chi connectivity index (χ1) is 19.2. The lowest BCUT2D eigenvalue weighted by Crippen LogP contribution is -2.29. The number of carbonyl (C=O) groups is 1. The molecule has 39 heavy (non-hydrogen) atoms. The number of carbonyl (C=O) groups excluding carboxylic acids is 1. The molecule has 0 unspecified atom stereocenters. The fourth-order valence-corrected chi connectivity index (χ4v) is 4.67. The number of H-pyrrole nitrogens is 1. The van der Waals surface area contributed by atoms with Gasteiger partial charge in [-0.1, -0.05) is 6.07 Å². The summed E-state index contributed by atoms with van der Waals surface area (Å²) in [6.45, 7) is 2.10. The molecule has 6 rings (SSSR count). The Hall–Kier alpha value is -4.99. The van der Waals surface area contributed by atoms with Crippen LogP contribution in [0, 0.1) is 0 Å². The van der Waals surface area contributed by atoms with Crippen molar-refractivity contribution >= 4 is 28.2 Å². The van der Waals surface area contributed by atoms with Gasteiger partial charge in [0, 0.05) is 48.6 Å². The number of pyridine rings is 3. The molecule has 1 fully saturated rings. The van der Waals surface area contributed by atoms with Gasteiger partial charge >= 0.3 is 0 Å². The highest BCUT2D eigenvalue weighted by Crippen LogP contribution is 2.29. The molecular formula is C29H27N7O3. The third-order valence-electron chi connectivity index (χ3n) is 6.69. The highest BCUT2D eigenvalue weighted by molar-refractivity contribution is 6.11.